The molecule has 140 valence electrons. The molecule has 3 aromatic carbocycles. The molecule has 0 radical (unpaired) electrons. The molecule has 0 fully saturated rings. The molecular formula is C23H19NO4. The molecule has 0 saturated heterocycles. The van der Waals surface area contributed by atoms with Crippen molar-refractivity contribution in [2.45, 2.75) is 6.04 Å². The van der Waals surface area contributed by atoms with E-state index in [9.17, 15) is 9.59 Å². The number of fused-ring (bicyclic) bond motifs is 1. The Kier molecular flexibility index (Phi) is 4.57. The minimum atomic E-state index is -0.576. The summed E-state index contributed by atoms with van der Waals surface area (Å²) in [4.78, 5) is 27.6. The number of benzene rings is 3. The van der Waals surface area contributed by atoms with Crippen molar-refractivity contribution < 1.29 is 19.1 Å². The second-order valence-electron chi connectivity index (χ2n) is 6.45. The number of carbonyl (C=O) groups excluding carboxylic acids is 2. The Morgan fingerprint density at radius 2 is 1.25 bits per heavy atom. The van der Waals surface area contributed by atoms with Crippen molar-refractivity contribution in [3.8, 4) is 11.5 Å². The molecule has 1 aliphatic heterocycles. The van der Waals surface area contributed by atoms with Crippen LogP contribution in [0.4, 0.5) is 0 Å². The van der Waals surface area contributed by atoms with Gasteiger partial charge in [0.05, 0.1) is 31.4 Å². The molecule has 0 aromatic heterocycles. The van der Waals surface area contributed by atoms with Crippen LogP contribution < -0.4 is 9.47 Å². The Morgan fingerprint density at radius 1 is 0.679 bits per heavy atom. The predicted octanol–water partition coefficient (Wildman–Crippen LogP) is 4.09. The van der Waals surface area contributed by atoms with E-state index in [-0.39, 0.29) is 11.8 Å². The smallest absolute Gasteiger partial charge is 0.262 e. The van der Waals surface area contributed by atoms with Crippen LogP contribution in [0.5, 0.6) is 11.5 Å². The molecule has 1 heterocycles. The first-order valence-electron chi connectivity index (χ1n) is 8.89. The lowest BCUT2D eigenvalue weighted by Crippen LogP contribution is -2.34. The van der Waals surface area contributed by atoms with E-state index in [4.69, 9.17) is 9.47 Å². The maximum Gasteiger partial charge on any atom is 0.262 e. The molecular weight excluding hydrogens is 354 g/mol. The third kappa shape index (κ3) is 2.81. The normalized spacial score (nSPS) is 14.0. The first kappa shape index (κ1) is 17.8. The van der Waals surface area contributed by atoms with Crippen molar-refractivity contribution in [3.63, 3.8) is 0 Å². The van der Waals surface area contributed by atoms with Crippen molar-refractivity contribution in [2.24, 2.45) is 0 Å². The SMILES string of the molecule is COc1ccc(C(c2ccccc2)N2C(=O)c3ccccc3C2=O)cc1OC. The van der Waals surface area contributed by atoms with Gasteiger partial charge in [-0.2, -0.15) is 0 Å². The number of rotatable bonds is 5. The number of nitrogens with zero attached hydrogens (tertiary/aromatic N) is 1. The lowest BCUT2D eigenvalue weighted by atomic mass is 9.96. The van der Waals surface area contributed by atoms with Crippen molar-refractivity contribution in [2.75, 3.05) is 14.2 Å². The van der Waals surface area contributed by atoms with Gasteiger partial charge in [0.1, 0.15) is 0 Å². The fourth-order valence-corrected chi connectivity index (χ4v) is 3.59. The van der Waals surface area contributed by atoms with E-state index in [1.165, 1.54) is 4.90 Å². The monoisotopic (exact) mass is 373 g/mol. The summed E-state index contributed by atoms with van der Waals surface area (Å²) in [6.45, 7) is 0. The van der Waals surface area contributed by atoms with Gasteiger partial charge >= 0.3 is 0 Å². The molecule has 1 aliphatic rings. The number of methoxy groups -OCH3 is 2. The van der Waals surface area contributed by atoms with E-state index in [1.807, 2.05) is 36.4 Å². The minimum absolute atomic E-state index is 0.302. The summed E-state index contributed by atoms with van der Waals surface area (Å²) in [6, 6.07) is 21.3. The largest absolute Gasteiger partial charge is 0.493 e. The van der Waals surface area contributed by atoms with Gasteiger partial charge < -0.3 is 9.47 Å². The maximum atomic E-state index is 13.1. The topological polar surface area (TPSA) is 55.8 Å². The molecule has 0 saturated carbocycles. The van der Waals surface area contributed by atoms with Gasteiger partial charge in [0, 0.05) is 0 Å². The fourth-order valence-electron chi connectivity index (χ4n) is 3.59. The van der Waals surface area contributed by atoms with Crippen LogP contribution in [0.1, 0.15) is 37.9 Å². The Morgan fingerprint density at radius 3 is 1.82 bits per heavy atom. The molecule has 0 bridgehead atoms. The average molecular weight is 373 g/mol. The Labute approximate surface area is 163 Å². The zero-order chi connectivity index (χ0) is 19.7. The van der Waals surface area contributed by atoms with Crippen molar-refractivity contribution in [1.82, 2.24) is 4.90 Å². The van der Waals surface area contributed by atoms with Crippen LogP contribution >= 0.6 is 0 Å². The molecule has 28 heavy (non-hydrogen) atoms. The number of hydrogen-bond donors (Lipinski definition) is 0. The fraction of sp³-hybridized carbons (Fsp3) is 0.130. The van der Waals surface area contributed by atoms with Gasteiger partial charge in [-0.1, -0.05) is 48.5 Å². The summed E-state index contributed by atoms with van der Waals surface area (Å²) in [5, 5.41) is 0. The van der Waals surface area contributed by atoms with Crippen LogP contribution in [-0.2, 0) is 0 Å². The molecule has 5 heteroatoms. The number of carbonyl (C=O) groups is 2. The quantitative estimate of drug-likeness (QED) is 0.632. The molecule has 0 spiro atoms. The summed E-state index contributed by atoms with van der Waals surface area (Å²) in [5.74, 6) is 0.520. The first-order chi connectivity index (χ1) is 13.7. The van der Waals surface area contributed by atoms with Gasteiger partial charge in [-0.05, 0) is 35.4 Å². The van der Waals surface area contributed by atoms with E-state index < -0.39 is 6.04 Å². The van der Waals surface area contributed by atoms with Gasteiger partial charge in [-0.15, -0.1) is 0 Å². The zero-order valence-corrected chi connectivity index (χ0v) is 15.6. The van der Waals surface area contributed by atoms with Gasteiger partial charge in [-0.25, -0.2) is 0 Å². The van der Waals surface area contributed by atoms with Crippen LogP contribution in [0.3, 0.4) is 0 Å². The molecule has 4 rings (SSSR count). The third-order valence-corrected chi connectivity index (χ3v) is 4.92. The molecule has 5 nitrogen and oxygen atoms in total. The van der Waals surface area contributed by atoms with E-state index in [2.05, 4.69) is 0 Å². The lowest BCUT2D eigenvalue weighted by Gasteiger charge is -2.27. The molecule has 1 unspecified atom stereocenters. The van der Waals surface area contributed by atoms with Gasteiger partial charge in [0.15, 0.2) is 11.5 Å². The predicted molar refractivity (Wildman–Crippen MR) is 105 cm³/mol. The molecule has 2 amide bonds. The van der Waals surface area contributed by atoms with E-state index in [0.717, 1.165) is 11.1 Å². The first-order valence-corrected chi connectivity index (χ1v) is 8.89. The highest BCUT2D eigenvalue weighted by molar-refractivity contribution is 6.21. The number of hydrogen-bond acceptors (Lipinski definition) is 4. The standard InChI is InChI=1S/C23H19NO4/c1-27-19-13-12-16(14-20(19)28-2)21(15-8-4-3-5-9-15)24-22(25)17-10-6-7-11-18(17)23(24)26/h3-14,21H,1-2H3. The maximum absolute atomic E-state index is 13.1. The van der Waals surface area contributed by atoms with Crippen LogP contribution in [0.2, 0.25) is 0 Å². The second kappa shape index (κ2) is 7.19. The van der Waals surface area contributed by atoms with Gasteiger partial charge in [0.25, 0.3) is 11.8 Å². The zero-order valence-electron chi connectivity index (χ0n) is 15.6. The highest BCUT2D eigenvalue weighted by Gasteiger charge is 2.41. The van der Waals surface area contributed by atoms with Crippen LogP contribution in [0.15, 0.2) is 72.8 Å². The summed E-state index contributed by atoms with van der Waals surface area (Å²) < 4.78 is 10.8. The number of imide groups is 1. The lowest BCUT2D eigenvalue weighted by molar-refractivity contribution is 0.0608. The van der Waals surface area contributed by atoms with E-state index in [0.29, 0.717) is 22.6 Å². The summed E-state index contributed by atoms with van der Waals surface area (Å²) in [7, 11) is 3.12. The van der Waals surface area contributed by atoms with Gasteiger partial charge in [-0.3, -0.25) is 14.5 Å². The van der Waals surface area contributed by atoms with Crippen LogP contribution in [0.25, 0.3) is 0 Å². The molecule has 1 atom stereocenters. The van der Waals surface area contributed by atoms with Crippen molar-refractivity contribution in [1.29, 1.82) is 0 Å². The minimum Gasteiger partial charge on any atom is -0.493 e. The Hall–Kier alpha value is -3.60. The van der Waals surface area contributed by atoms with Gasteiger partial charge in [0.2, 0.25) is 0 Å². The summed E-state index contributed by atoms with van der Waals surface area (Å²) in [5.41, 5.74) is 2.45. The molecule has 0 N–H and O–H groups in total. The van der Waals surface area contributed by atoms with Crippen LogP contribution in [0, 0.1) is 0 Å². The molecule has 3 aromatic rings. The number of ether oxygens (including phenoxy) is 2. The second-order valence-corrected chi connectivity index (χ2v) is 6.45. The van der Waals surface area contributed by atoms with Crippen LogP contribution in [-0.4, -0.2) is 30.9 Å². The number of amides is 2. The van der Waals surface area contributed by atoms with E-state index >= 15 is 0 Å². The Bertz CT molecular complexity index is 1010. The van der Waals surface area contributed by atoms with Crippen molar-refractivity contribution in [3.05, 3.63) is 95.1 Å². The summed E-state index contributed by atoms with van der Waals surface area (Å²) >= 11 is 0. The van der Waals surface area contributed by atoms with Crippen molar-refractivity contribution >= 4 is 11.8 Å². The molecule has 0 aliphatic carbocycles. The average Bonchev–Trinajstić information content (AvgIpc) is 3.00. The van der Waals surface area contributed by atoms with E-state index in [1.54, 1.807) is 50.6 Å². The summed E-state index contributed by atoms with van der Waals surface area (Å²) in [6.07, 6.45) is 0. The third-order valence-electron chi connectivity index (χ3n) is 4.92. The Balaban J connectivity index is 1.87. The highest BCUT2D eigenvalue weighted by atomic mass is 16.5. The highest BCUT2D eigenvalue weighted by Crippen LogP contribution is 2.38.